The Morgan fingerprint density at radius 3 is 2.53 bits per heavy atom. The Kier molecular flexibility index (Phi) is 3.71. The quantitative estimate of drug-likeness (QED) is 0.899. The van der Waals surface area contributed by atoms with Crippen molar-refractivity contribution in [2.75, 3.05) is 37.6 Å². The van der Waals surface area contributed by atoms with E-state index in [0.29, 0.717) is 5.56 Å². The van der Waals surface area contributed by atoms with Crippen molar-refractivity contribution in [1.82, 2.24) is 4.90 Å². The van der Waals surface area contributed by atoms with Crippen LogP contribution in [0.4, 0.5) is 10.1 Å². The first-order valence-corrected chi connectivity index (χ1v) is 7.13. The number of halogens is 1. The minimum Gasteiger partial charge on any atom is -0.391 e. The van der Waals surface area contributed by atoms with E-state index in [1.54, 1.807) is 6.07 Å². The van der Waals surface area contributed by atoms with Gasteiger partial charge in [-0.1, -0.05) is 6.07 Å². The normalized spacial score (nSPS) is 20.8. The van der Waals surface area contributed by atoms with Crippen molar-refractivity contribution in [3.63, 3.8) is 0 Å². The molecule has 2 aliphatic rings. The molecule has 4 heteroatoms. The highest BCUT2D eigenvalue weighted by Crippen LogP contribution is 2.30. The summed E-state index contributed by atoms with van der Waals surface area (Å²) in [6.45, 7) is 4.91. The highest BCUT2D eigenvalue weighted by Gasteiger charge is 2.27. The molecule has 0 unspecified atom stereocenters. The van der Waals surface area contributed by atoms with Crippen LogP contribution in [0.1, 0.15) is 18.4 Å². The number of rotatable bonds is 4. The lowest BCUT2D eigenvalue weighted by atomic mass is 10.1. The standard InChI is InChI=1S/C15H21FN2O/c16-14-2-1-3-15(13(14)11-19)18-8-6-17(7-9-18)10-12-4-5-12/h1-3,12,19H,4-11H2. The van der Waals surface area contributed by atoms with Crippen molar-refractivity contribution in [1.29, 1.82) is 0 Å². The van der Waals surface area contributed by atoms with Gasteiger partial charge in [0.05, 0.1) is 6.61 Å². The van der Waals surface area contributed by atoms with Gasteiger partial charge in [-0.25, -0.2) is 4.39 Å². The maximum atomic E-state index is 13.7. The van der Waals surface area contributed by atoms with Crippen LogP contribution in [0.5, 0.6) is 0 Å². The number of nitrogens with zero attached hydrogens (tertiary/aromatic N) is 2. The summed E-state index contributed by atoms with van der Waals surface area (Å²) in [5, 5.41) is 9.33. The maximum absolute atomic E-state index is 13.7. The Balaban J connectivity index is 1.65. The van der Waals surface area contributed by atoms with Crippen LogP contribution in [0.2, 0.25) is 0 Å². The zero-order valence-electron chi connectivity index (χ0n) is 11.2. The van der Waals surface area contributed by atoms with Crippen LogP contribution >= 0.6 is 0 Å². The minimum absolute atomic E-state index is 0.232. The number of aliphatic hydroxyl groups excluding tert-OH is 1. The zero-order chi connectivity index (χ0) is 13.2. The Labute approximate surface area is 113 Å². The summed E-state index contributed by atoms with van der Waals surface area (Å²) >= 11 is 0. The molecule has 1 aliphatic heterocycles. The highest BCUT2D eigenvalue weighted by atomic mass is 19.1. The first kappa shape index (κ1) is 12.9. The van der Waals surface area contributed by atoms with Crippen molar-refractivity contribution in [3.8, 4) is 0 Å². The van der Waals surface area contributed by atoms with Gasteiger partial charge in [0, 0.05) is 44.0 Å². The molecule has 0 aromatic heterocycles. The summed E-state index contributed by atoms with van der Waals surface area (Å²) in [5.74, 6) is 0.620. The van der Waals surface area contributed by atoms with Gasteiger partial charge in [-0.3, -0.25) is 4.90 Å². The van der Waals surface area contributed by atoms with Crippen LogP contribution in [-0.4, -0.2) is 42.7 Å². The van der Waals surface area contributed by atoms with Crippen molar-refractivity contribution in [2.45, 2.75) is 19.4 Å². The van der Waals surface area contributed by atoms with Crippen LogP contribution < -0.4 is 4.90 Å². The predicted molar refractivity (Wildman–Crippen MR) is 73.7 cm³/mol. The van der Waals surface area contributed by atoms with Crippen LogP contribution in [0.15, 0.2) is 18.2 Å². The van der Waals surface area contributed by atoms with E-state index in [0.717, 1.165) is 37.8 Å². The molecule has 1 heterocycles. The second kappa shape index (κ2) is 5.47. The first-order chi connectivity index (χ1) is 9.28. The van der Waals surface area contributed by atoms with Gasteiger partial charge in [-0.15, -0.1) is 0 Å². The molecule has 104 valence electrons. The molecule has 1 N–H and O–H groups in total. The Morgan fingerprint density at radius 1 is 1.16 bits per heavy atom. The Bertz CT molecular complexity index is 440. The predicted octanol–water partition coefficient (Wildman–Crippen LogP) is 1.85. The van der Waals surface area contributed by atoms with Crippen LogP contribution in [0.25, 0.3) is 0 Å². The fraction of sp³-hybridized carbons (Fsp3) is 0.600. The summed E-state index contributed by atoms with van der Waals surface area (Å²) in [7, 11) is 0. The molecule has 3 nitrogen and oxygen atoms in total. The molecule has 1 saturated heterocycles. The molecule has 2 fully saturated rings. The van der Waals surface area contributed by atoms with Crippen LogP contribution in [-0.2, 0) is 6.61 Å². The molecule has 0 atom stereocenters. The highest BCUT2D eigenvalue weighted by molar-refractivity contribution is 5.54. The van der Waals surface area contributed by atoms with E-state index in [9.17, 15) is 9.50 Å². The third-order valence-electron chi connectivity index (χ3n) is 4.18. The number of aliphatic hydroxyl groups is 1. The van der Waals surface area contributed by atoms with Gasteiger partial charge in [0.2, 0.25) is 0 Å². The van der Waals surface area contributed by atoms with E-state index in [-0.39, 0.29) is 12.4 Å². The molecule has 1 aromatic carbocycles. The molecular weight excluding hydrogens is 243 g/mol. The smallest absolute Gasteiger partial charge is 0.130 e. The number of benzene rings is 1. The molecule has 1 aromatic rings. The number of anilines is 1. The van der Waals surface area contributed by atoms with E-state index in [2.05, 4.69) is 9.80 Å². The van der Waals surface area contributed by atoms with Crippen molar-refractivity contribution >= 4 is 5.69 Å². The summed E-state index contributed by atoms with van der Waals surface area (Å²) in [6.07, 6.45) is 2.78. The van der Waals surface area contributed by atoms with E-state index in [1.165, 1.54) is 25.5 Å². The third-order valence-corrected chi connectivity index (χ3v) is 4.18. The SMILES string of the molecule is OCc1c(F)cccc1N1CCN(CC2CC2)CC1. The minimum atomic E-state index is -0.305. The second-order valence-corrected chi connectivity index (χ2v) is 5.63. The van der Waals surface area contributed by atoms with Gasteiger partial charge in [-0.05, 0) is 30.9 Å². The molecule has 1 aliphatic carbocycles. The first-order valence-electron chi connectivity index (χ1n) is 7.13. The van der Waals surface area contributed by atoms with E-state index in [4.69, 9.17) is 0 Å². The van der Waals surface area contributed by atoms with Crippen LogP contribution in [0.3, 0.4) is 0 Å². The van der Waals surface area contributed by atoms with Gasteiger partial charge in [0.15, 0.2) is 0 Å². The van der Waals surface area contributed by atoms with Gasteiger partial charge in [-0.2, -0.15) is 0 Å². The molecule has 0 spiro atoms. The number of piperazine rings is 1. The zero-order valence-corrected chi connectivity index (χ0v) is 11.2. The lowest BCUT2D eigenvalue weighted by molar-refractivity contribution is 0.246. The fourth-order valence-corrected chi connectivity index (χ4v) is 2.84. The topological polar surface area (TPSA) is 26.7 Å². The fourth-order valence-electron chi connectivity index (χ4n) is 2.84. The lowest BCUT2D eigenvalue weighted by Crippen LogP contribution is -2.47. The average Bonchev–Trinajstić information content (AvgIpc) is 3.23. The molecule has 0 radical (unpaired) electrons. The Morgan fingerprint density at radius 2 is 1.89 bits per heavy atom. The van der Waals surface area contributed by atoms with E-state index >= 15 is 0 Å². The average molecular weight is 264 g/mol. The van der Waals surface area contributed by atoms with E-state index in [1.807, 2.05) is 6.07 Å². The third kappa shape index (κ3) is 2.90. The summed E-state index contributed by atoms with van der Waals surface area (Å²) in [6, 6.07) is 5.05. The second-order valence-electron chi connectivity index (χ2n) is 5.63. The largest absolute Gasteiger partial charge is 0.391 e. The molecule has 3 rings (SSSR count). The number of hydrogen-bond donors (Lipinski definition) is 1. The molecule has 0 bridgehead atoms. The van der Waals surface area contributed by atoms with Crippen molar-refractivity contribution in [3.05, 3.63) is 29.6 Å². The molecule has 1 saturated carbocycles. The van der Waals surface area contributed by atoms with Crippen molar-refractivity contribution < 1.29 is 9.50 Å². The van der Waals surface area contributed by atoms with Crippen LogP contribution in [0, 0.1) is 11.7 Å². The molecular formula is C15H21FN2O. The monoisotopic (exact) mass is 264 g/mol. The lowest BCUT2D eigenvalue weighted by Gasteiger charge is -2.37. The van der Waals surface area contributed by atoms with Gasteiger partial charge in [0.25, 0.3) is 0 Å². The van der Waals surface area contributed by atoms with E-state index < -0.39 is 0 Å². The van der Waals surface area contributed by atoms with Gasteiger partial charge < -0.3 is 10.0 Å². The maximum Gasteiger partial charge on any atom is 0.130 e. The molecule has 19 heavy (non-hydrogen) atoms. The number of hydrogen-bond acceptors (Lipinski definition) is 3. The van der Waals surface area contributed by atoms with Crippen molar-refractivity contribution in [2.24, 2.45) is 5.92 Å². The van der Waals surface area contributed by atoms with Gasteiger partial charge in [0.1, 0.15) is 5.82 Å². The summed E-state index contributed by atoms with van der Waals surface area (Å²) < 4.78 is 13.7. The summed E-state index contributed by atoms with van der Waals surface area (Å²) in [4.78, 5) is 4.70. The molecule has 0 amide bonds. The summed E-state index contributed by atoms with van der Waals surface area (Å²) in [5.41, 5.74) is 1.28. The Hall–Kier alpha value is -1.13. The van der Waals surface area contributed by atoms with Gasteiger partial charge >= 0.3 is 0 Å².